The van der Waals surface area contributed by atoms with E-state index in [0.29, 0.717) is 6.42 Å². The van der Waals surface area contributed by atoms with Crippen molar-refractivity contribution < 1.29 is 9.53 Å². The van der Waals surface area contributed by atoms with Gasteiger partial charge in [-0.15, -0.1) is 0 Å². The number of rotatable bonds is 16. The Morgan fingerprint density at radius 3 is 2.00 bits per heavy atom. The molecule has 1 unspecified atom stereocenters. The lowest BCUT2D eigenvalue weighted by atomic mass is 10.1. The van der Waals surface area contributed by atoms with Gasteiger partial charge in [-0.1, -0.05) is 70.9 Å². The zero-order valence-electron chi connectivity index (χ0n) is 15.9. The van der Waals surface area contributed by atoms with E-state index < -0.39 is 0 Å². The van der Waals surface area contributed by atoms with Crippen LogP contribution in [0.2, 0.25) is 0 Å². The SMILES string of the molecule is CCCC/C=C/CCCCCCCCCC(C)OC(=O)CCC. The van der Waals surface area contributed by atoms with Crippen molar-refractivity contribution in [2.24, 2.45) is 0 Å². The minimum absolute atomic E-state index is 0.0382. The molecule has 0 aromatic rings. The van der Waals surface area contributed by atoms with Crippen LogP contribution in [-0.2, 0) is 9.53 Å². The van der Waals surface area contributed by atoms with Crippen molar-refractivity contribution >= 4 is 5.97 Å². The third kappa shape index (κ3) is 17.4. The van der Waals surface area contributed by atoms with E-state index in [-0.39, 0.29) is 12.1 Å². The summed E-state index contributed by atoms with van der Waals surface area (Å²) in [6.07, 6.45) is 21.6. The first-order valence-electron chi connectivity index (χ1n) is 10.0. The van der Waals surface area contributed by atoms with Gasteiger partial charge in [-0.25, -0.2) is 0 Å². The Kier molecular flexibility index (Phi) is 17.0. The van der Waals surface area contributed by atoms with Crippen LogP contribution in [0.1, 0.15) is 111 Å². The summed E-state index contributed by atoms with van der Waals surface area (Å²) in [7, 11) is 0. The first-order chi connectivity index (χ1) is 11.2. The molecule has 0 rings (SSSR count). The molecule has 1 atom stereocenters. The number of carbonyl (C=O) groups excluding carboxylic acids is 1. The molecule has 0 N–H and O–H groups in total. The highest BCUT2D eigenvalue weighted by atomic mass is 16.5. The summed E-state index contributed by atoms with van der Waals surface area (Å²) in [4.78, 5) is 11.4. The Morgan fingerprint density at radius 2 is 1.39 bits per heavy atom. The highest BCUT2D eigenvalue weighted by Crippen LogP contribution is 2.12. The summed E-state index contributed by atoms with van der Waals surface area (Å²) < 4.78 is 5.35. The van der Waals surface area contributed by atoms with Crippen LogP contribution >= 0.6 is 0 Å². The van der Waals surface area contributed by atoms with Crippen molar-refractivity contribution in [2.45, 2.75) is 117 Å². The van der Waals surface area contributed by atoms with Crippen molar-refractivity contribution in [3.63, 3.8) is 0 Å². The van der Waals surface area contributed by atoms with Crippen molar-refractivity contribution in [1.29, 1.82) is 0 Å². The smallest absolute Gasteiger partial charge is 0.306 e. The Bertz CT molecular complexity index is 284. The maximum Gasteiger partial charge on any atom is 0.306 e. The maximum atomic E-state index is 11.4. The quantitative estimate of drug-likeness (QED) is 0.174. The van der Waals surface area contributed by atoms with Crippen LogP contribution in [0.15, 0.2) is 12.2 Å². The number of esters is 1. The fourth-order valence-electron chi connectivity index (χ4n) is 2.68. The molecule has 0 saturated carbocycles. The Morgan fingerprint density at radius 1 is 0.826 bits per heavy atom. The second kappa shape index (κ2) is 17.6. The number of carbonyl (C=O) groups is 1. The van der Waals surface area contributed by atoms with Gasteiger partial charge in [-0.2, -0.15) is 0 Å². The monoisotopic (exact) mass is 324 g/mol. The minimum atomic E-state index is -0.0382. The summed E-state index contributed by atoms with van der Waals surface area (Å²) in [5.74, 6) is -0.0382. The van der Waals surface area contributed by atoms with Gasteiger partial charge in [0.05, 0.1) is 6.10 Å². The van der Waals surface area contributed by atoms with Crippen molar-refractivity contribution in [3.8, 4) is 0 Å². The van der Waals surface area contributed by atoms with Crippen LogP contribution in [0.3, 0.4) is 0 Å². The molecule has 0 amide bonds. The third-order valence-corrected chi connectivity index (χ3v) is 4.16. The normalized spacial score (nSPS) is 12.7. The van der Waals surface area contributed by atoms with E-state index in [4.69, 9.17) is 4.74 Å². The van der Waals surface area contributed by atoms with Crippen LogP contribution in [0.5, 0.6) is 0 Å². The van der Waals surface area contributed by atoms with E-state index >= 15 is 0 Å². The van der Waals surface area contributed by atoms with Crippen molar-refractivity contribution in [1.82, 2.24) is 0 Å². The highest BCUT2D eigenvalue weighted by molar-refractivity contribution is 5.69. The lowest BCUT2D eigenvalue weighted by Gasteiger charge is -2.12. The molecule has 2 nitrogen and oxygen atoms in total. The van der Waals surface area contributed by atoms with Crippen LogP contribution in [0, 0.1) is 0 Å². The molecule has 0 spiro atoms. The zero-order chi connectivity index (χ0) is 17.2. The molecule has 0 aromatic heterocycles. The van der Waals surface area contributed by atoms with Gasteiger partial charge in [0.15, 0.2) is 0 Å². The molecular weight excluding hydrogens is 284 g/mol. The van der Waals surface area contributed by atoms with Gasteiger partial charge in [0.1, 0.15) is 0 Å². The summed E-state index contributed by atoms with van der Waals surface area (Å²) >= 11 is 0. The molecule has 0 aliphatic heterocycles. The van der Waals surface area contributed by atoms with Gasteiger partial charge >= 0.3 is 5.97 Å². The predicted molar refractivity (Wildman–Crippen MR) is 101 cm³/mol. The molecule has 2 heteroatoms. The van der Waals surface area contributed by atoms with Gasteiger partial charge in [0.2, 0.25) is 0 Å². The van der Waals surface area contributed by atoms with Gasteiger partial charge in [-0.05, 0) is 45.4 Å². The number of unbranched alkanes of at least 4 members (excludes halogenated alkanes) is 9. The Hall–Kier alpha value is -0.790. The van der Waals surface area contributed by atoms with Crippen LogP contribution in [0.4, 0.5) is 0 Å². The second-order valence-electron chi connectivity index (χ2n) is 6.72. The summed E-state index contributed by atoms with van der Waals surface area (Å²) in [5, 5.41) is 0. The molecule has 0 aliphatic rings. The molecular formula is C21H40O2. The van der Waals surface area contributed by atoms with Gasteiger partial charge in [0, 0.05) is 6.42 Å². The standard InChI is InChI=1S/C21H40O2/c1-4-6-7-8-9-10-11-12-13-14-15-16-17-19-20(3)23-21(22)18-5-2/h8-9,20H,4-7,10-19H2,1-3H3/b9-8+. The first kappa shape index (κ1) is 22.2. The molecule has 0 heterocycles. The van der Waals surface area contributed by atoms with E-state index in [1.807, 2.05) is 13.8 Å². The highest BCUT2D eigenvalue weighted by Gasteiger charge is 2.07. The maximum absolute atomic E-state index is 11.4. The topological polar surface area (TPSA) is 26.3 Å². The van der Waals surface area contributed by atoms with E-state index in [9.17, 15) is 4.79 Å². The average Bonchev–Trinajstić information content (AvgIpc) is 2.52. The summed E-state index contributed by atoms with van der Waals surface area (Å²) in [6, 6.07) is 0. The van der Waals surface area contributed by atoms with E-state index in [1.165, 1.54) is 70.6 Å². The summed E-state index contributed by atoms with van der Waals surface area (Å²) in [5.41, 5.74) is 0. The molecule has 0 saturated heterocycles. The Balaban J connectivity index is 3.24. The molecule has 0 aliphatic carbocycles. The second-order valence-corrected chi connectivity index (χ2v) is 6.72. The molecule has 136 valence electrons. The van der Waals surface area contributed by atoms with E-state index in [1.54, 1.807) is 0 Å². The molecule has 0 fully saturated rings. The largest absolute Gasteiger partial charge is 0.463 e. The fourth-order valence-corrected chi connectivity index (χ4v) is 2.68. The zero-order valence-corrected chi connectivity index (χ0v) is 15.9. The molecule has 0 aromatic carbocycles. The van der Waals surface area contributed by atoms with Gasteiger partial charge in [0.25, 0.3) is 0 Å². The van der Waals surface area contributed by atoms with E-state index in [0.717, 1.165) is 12.8 Å². The van der Waals surface area contributed by atoms with Crippen molar-refractivity contribution in [2.75, 3.05) is 0 Å². The van der Waals surface area contributed by atoms with Gasteiger partial charge < -0.3 is 4.74 Å². The number of ether oxygens (including phenoxy) is 1. The predicted octanol–water partition coefficient (Wildman–Crippen LogP) is 6.98. The number of allylic oxidation sites excluding steroid dienone is 2. The van der Waals surface area contributed by atoms with Crippen molar-refractivity contribution in [3.05, 3.63) is 12.2 Å². The number of hydrogen-bond donors (Lipinski definition) is 0. The molecule has 23 heavy (non-hydrogen) atoms. The van der Waals surface area contributed by atoms with E-state index in [2.05, 4.69) is 19.1 Å². The third-order valence-electron chi connectivity index (χ3n) is 4.16. The van der Waals surface area contributed by atoms with Crippen LogP contribution < -0.4 is 0 Å². The lowest BCUT2D eigenvalue weighted by Crippen LogP contribution is -2.14. The first-order valence-corrected chi connectivity index (χ1v) is 10.0. The lowest BCUT2D eigenvalue weighted by molar-refractivity contribution is -0.148. The minimum Gasteiger partial charge on any atom is -0.463 e. The van der Waals surface area contributed by atoms with Crippen LogP contribution in [-0.4, -0.2) is 12.1 Å². The average molecular weight is 325 g/mol. The molecule has 0 radical (unpaired) electrons. The summed E-state index contributed by atoms with van der Waals surface area (Å²) in [6.45, 7) is 6.27. The fraction of sp³-hybridized carbons (Fsp3) is 0.857. The Labute approximate surface area is 145 Å². The van der Waals surface area contributed by atoms with Gasteiger partial charge in [-0.3, -0.25) is 4.79 Å². The van der Waals surface area contributed by atoms with Crippen LogP contribution in [0.25, 0.3) is 0 Å². The molecule has 0 bridgehead atoms. The number of hydrogen-bond acceptors (Lipinski definition) is 2.